The Morgan fingerprint density at radius 3 is 2.65 bits per heavy atom. The average Bonchev–Trinajstić information content (AvgIpc) is 3.64. The third kappa shape index (κ3) is 3.61. The normalized spacial score (nSPS) is 20.7. The van der Waals surface area contributed by atoms with Crippen LogP contribution in [0.15, 0.2) is 54.9 Å². The summed E-state index contributed by atoms with van der Waals surface area (Å²) in [5.41, 5.74) is 7.51. The van der Waals surface area contributed by atoms with Gasteiger partial charge in [0.25, 0.3) is 0 Å². The molecule has 4 heterocycles. The monoisotopic (exact) mass is 560 g/mol. The van der Waals surface area contributed by atoms with E-state index in [9.17, 15) is 4.79 Å². The van der Waals surface area contributed by atoms with Gasteiger partial charge in [0.1, 0.15) is 18.2 Å². The van der Waals surface area contributed by atoms with E-state index < -0.39 is 23.1 Å². The number of carbonyl (C=O) groups excluding carboxylic acids is 1. The first-order valence-corrected chi connectivity index (χ1v) is 13.3. The van der Waals surface area contributed by atoms with E-state index in [1.807, 2.05) is 30.3 Å². The van der Waals surface area contributed by atoms with Crippen LogP contribution in [-0.2, 0) is 18.6 Å². The highest BCUT2D eigenvalue weighted by Gasteiger charge is 2.50. The molecule has 7 nitrogen and oxygen atoms in total. The second-order valence-electron chi connectivity index (χ2n) is 10.3. The number of aromatic nitrogens is 2. The van der Waals surface area contributed by atoms with Crippen LogP contribution in [0.2, 0.25) is 5.02 Å². The number of nitrogens with zero attached hydrogens (tertiary/aromatic N) is 2. The first-order chi connectivity index (χ1) is 19.4. The summed E-state index contributed by atoms with van der Waals surface area (Å²) in [6, 6.07) is 12.3. The van der Waals surface area contributed by atoms with Crippen LogP contribution >= 0.6 is 11.6 Å². The molecule has 3 N–H and O–H groups in total. The van der Waals surface area contributed by atoms with Crippen molar-refractivity contribution in [3.63, 3.8) is 0 Å². The molecular weight excluding hydrogens is 538 g/mol. The lowest BCUT2D eigenvalue weighted by Crippen LogP contribution is -2.48. The van der Waals surface area contributed by atoms with Crippen molar-refractivity contribution in [2.75, 3.05) is 6.54 Å². The molecule has 7 rings (SSSR count). The number of ether oxygens (including phenoxy) is 2. The van der Waals surface area contributed by atoms with Crippen LogP contribution in [0, 0.1) is 11.6 Å². The van der Waals surface area contributed by atoms with Crippen molar-refractivity contribution in [3.8, 4) is 33.8 Å². The van der Waals surface area contributed by atoms with E-state index in [4.69, 9.17) is 26.8 Å². The quantitative estimate of drug-likeness (QED) is 0.351. The van der Waals surface area contributed by atoms with Gasteiger partial charge in [-0.3, -0.25) is 4.79 Å². The highest BCUT2D eigenvalue weighted by atomic mass is 35.5. The van der Waals surface area contributed by atoms with Gasteiger partial charge in [0.05, 0.1) is 29.0 Å². The third-order valence-electron chi connectivity index (χ3n) is 8.12. The minimum atomic E-state index is -0.898. The molecule has 0 saturated carbocycles. The molecule has 1 amide bonds. The van der Waals surface area contributed by atoms with Crippen molar-refractivity contribution in [2.24, 2.45) is 5.73 Å². The van der Waals surface area contributed by atoms with E-state index in [-0.39, 0.29) is 52.3 Å². The lowest BCUT2D eigenvalue weighted by molar-refractivity contribution is 0.0539. The minimum Gasteiger partial charge on any atom is -0.485 e. The molecule has 40 heavy (non-hydrogen) atoms. The van der Waals surface area contributed by atoms with Gasteiger partial charge in [0.2, 0.25) is 5.91 Å². The first kappa shape index (κ1) is 24.9. The van der Waals surface area contributed by atoms with E-state index in [1.165, 1.54) is 24.5 Å². The van der Waals surface area contributed by atoms with Crippen molar-refractivity contribution < 1.29 is 23.0 Å². The predicted octanol–water partition coefficient (Wildman–Crippen LogP) is 5.32. The summed E-state index contributed by atoms with van der Waals surface area (Å²) in [5, 5.41) is 11.0. The molecule has 1 aromatic heterocycles. The SMILES string of the molecule is NC(=O)c1cc2c(c(F)c1-c1c(Cl)c(F)cc3c1C[C@](c1ccccc1)([C@@H]1CCCN1)O3)OCc1cnncc1-2. The van der Waals surface area contributed by atoms with Gasteiger partial charge in [-0.05, 0) is 31.0 Å². The number of hydrogen-bond donors (Lipinski definition) is 2. The van der Waals surface area contributed by atoms with Crippen LogP contribution in [0.4, 0.5) is 8.78 Å². The van der Waals surface area contributed by atoms with Crippen molar-refractivity contribution in [3.05, 3.63) is 93.8 Å². The number of nitrogens with one attached hydrogen (secondary N) is 1. The fraction of sp³-hybridized carbons (Fsp3) is 0.233. The van der Waals surface area contributed by atoms with Gasteiger partial charge in [0.15, 0.2) is 17.2 Å². The van der Waals surface area contributed by atoms with Gasteiger partial charge in [-0.25, -0.2) is 8.78 Å². The number of halogens is 3. The largest absolute Gasteiger partial charge is 0.485 e. The van der Waals surface area contributed by atoms with Crippen molar-refractivity contribution in [1.29, 1.82) is 0 Å². The smallest absolute Gasteiger partial charge is 0.249 e. The van der Waals surface area contributed by atoms with Gasteiger partial charge >= 0.3 is 0 Å². The molecule has 3 aromatic carbocycles. The molecule has 1 fully saturated rings. The van der Waals surface area contributed by atoms with Gasteiger partial charge in [-0.2, -0.15) is 10.2 Å². The molecule has 3 aliphatic rings. The summed E-state index contributed by atoms with van der Waals surface area (Å²) >= 11 is 6.60. The zero-order valence-electron chi connectivity index (χ0n) is 21.1. The molecule has 4 aromatic rings. The van der Waals surface area contributed by atoms with Crippen molar-refractivity contribution in [2.45, 2.75) is 37.5 Å². The molecule has 0 spiro atoms. The maximum atomic E-state index is 16.5. The topological polar surface area (TPSA) is 99.4 Å². The number of amides is 1. The second kappa shape index (κ2) is 9.25. The van der Waals surface area contributed by atoms with Gasteiger partial charge in [-0.15, -0.1) is 0 Å². The van der Waals surface area contributed by atoms with Crippen LogP contribution in [0.25, 0.3) is 22.3 Å². The molecule has 10 heteroatoms. The Morgan fingerprint density at radius 1 is 1.10 bits per heavy atom. The van der Waals surface area contributed by atoms with Crippen LogP contribution in [0.3, 0.4) is 0 Å². The number of benzene rings is 3. The second-order valence-corrected chi connectivity index (χ2v) is 10.7. The molecule has 0 bridgehead atoms. The Kier molecular flexibility index (Phi) is 5.76. The van der Waals surface area contributed by atoms with Gasteiger partial charge in [0, 0.05) is 45.9 Å². The number of rotatable bonds is 4. The van der Waals surface area contributed by atoms with E-state index in [0.29, 0.717) is 22.3 Å². The molecule has 202 valence electrons. The van der Waals surface area contributed by atoms with E-state index in [0.717, 1.165) is 24.9 Å². The molecule has 3 aliphatic heterocycles. The summed E-state index contributed by atoms with van der Waals surface area (Å²) in [6.45, 7) is 0.863. The highest BCUT2D eigenvalue weighted by molar-refractivity contribution is 6.34. The Balaban J connectivity index is 1.48. The fourth-order valence-corrected chi connectivity index (χ4v) is 6.55. The molecule has 0 radical (unpaired) electrons. The number of hydrogen-bond acceptors (Lipinski definition) is 6. The molecule has 0 aliphatic carbocycles. The van der Waals surface area contributed by atoms with Crippen LogP contribution in [-0.4, -0.2) is 28.7 Å². The van der Waals surface area contributed by atoms with Gasteiger partial charge in [-0.1, -0.05) is 41.9 Å². The van der Waals surface area contributed by atoms with Crippen LogP contribution in [0.1, 0.15) is 39.9 Å². The van der Waals surface area contributed by atoms with Gasteiger partial charge < -0.3 is 20.5 Å². The summed E-state index contributed by atoms with van der Waals surface area (Å²) in [7, 11) is 0. The zero-order chi connectivity index (χ0) is 27.6. The summed E-state index contributed by atoms with van der Waals surface area (Å²) in [5.74, 6) is -2.41. The van der Waals surface area contributed by atoms with Crippen LogP contribution in [0.5, 0.6) is 11.5 Å². The Hall–Kier alpha value is -4.08. The lowest BCUT2D eigenvalue weighted by atomic mass is 9.80. The predicted molar refractivity (Wildman–Crippen MR) is 144 cm³/mol. The zero-order valence-corrected chi connectivity index (χ0v) is 21.9. The van der Waals surface area contributed by atoms with Crippen molar-refractivity contribution >= 4 is 17.5 Å². The average molecular weight is 561 g/mol. The minimum absolute atomic E-state index is 0.0313. The third-order valence-corrected chi connectivity index (χ3v) is 8.48. The van der Waals surface area contributed by atoms with E-state index in [2.05, 4.69) is 15.5 Å². The summed E-state index contributed by atoms with van der Waals surface area (Å²) < 4.78 is 44.4. The van der Waals surface area contributed by atoms with E-state index in [1.54, 1.807) is 0 Å². The number of fused-ring (bicyclic) bond motifs is 4. The highest BCUT2D eigenvalue weighted by Crippen LogP contribution is 2.53. The maximum absolute atomic E-state index is 16.5. The maximum Gasteiger partial charge on any atom is 0.249 e. The van der Waals surface area contributed by atoms with Crippen molar-refractivity contribution in [1.82, 2.24) is 15.5 Å². The molecule has 2 atom stereocenters. The molecule has 0 unspecified atom stereocenters. The Bertz CT molecular complexity index is 1690. The molecular formula is C30H23ClF2N4O3. The first-order valence-electron chi connectivity index (χ1n) is 13.0. The summed E-state index contributed by atoms with van der Waals surface area (Å²) in [4.78, 5) is 12.8. The number of carbonyl (C=O) groups is 1. The van der Waals surface area contributed by atoms with E-state index >= 15 is 8.78 Å². The number of nitrogens with two attached hydrogens (primary N) is 1. The number of primary amides is 1. The fourth-order valence-electron chi connectivity index (χ4n) is 6.29. The Morgan fingerprint density at radius 2 is 1.90 bits per heavy atom. The Labute approximate surface area is 233 Å². The molecule has 1 saturated heterocycles. The standard InChI is InChI=1S/C30H23ClF2N4O3/c31-26-21(32)10-22-19(11-30(40-22,23-7-4-8-35-23)16-5-2-1-3-6-16)24(26)25-18(29(34)38)9-17-20-13-37-36-12-15(20)14-39-28(17)27(25)33/h1-3,5-6,9-10,12-13,23,35H,4,7-8,11,14H2,(H2,34,38)/t23-,30-/m0/s1. The lowest BCUT2D eigenvalue weighted by Gasteiger charge is -2.35. The summed E-state index contributed by atoms with van der Waals surface area (Å²) in [6.07, 6.45) is 5.05. The van der Waals surface area contributed by atoms with Crippen LogP contribution < -0.4 is 20.5 Å².